The Kier molecular flexibility index (Phi) is 5.62. The van der Waals surface area contributed by atoms with E-state index in [2.05, 4.69) is 57.9 Å². The minimum Gasteiger partial charge on any atom is -0.460 e. The van der Waals surface area contributed by atoms with Crippen LogP contribution in [0.25, 0.3) is 0 Å². The Labute approximate surface area is 130 Å². The molecule has 122 valence electrons. The van der Waals surface area contributed by atoms with Crippen molar-refractivity contribution in [2.75, 3.05) is 26.2 Å². The molecule has 0 atom stereocenters. The van der Waals surface area contributed by atoms with E-state index in [4.69, 9.17) is 4.74 Å². The van der Waals surface area contributed by atoms with Crippen LogP contribution in [0.1, 0.15) is 48.5 Å². The number of hydrogen-bond donors (Lipinski definition) is 0. The maximum absolute atomic E-state index is 11.4. The van der Waals surface area contributed by atoms with E-state index >= 15 is 0 Å². The molecule has 1 aliphatic rings. The summed E-state index contributed by atoms with van der Waals surface area (Å²) in [4.78, 5) is 16.1. The molecule has 0 aliphatic carbocycles. The van der Waals surface area contributed by atoms with Crippen LogP contribution in [-0.2, 0) is 9.53 Å². The van der Waals surface area contributed by atoms with E-state index in [9.17, 15) is 4.79 Å². The second-order valence-electron chi connectivity index (χ2n) is 8.08. The first-order chi connectivity index (χ1) is 9.39. The Bertz CT molecular complexity index is 363. The lowest BCUT2D eigenvalue weighted by Gasteiger charge is -2.45. The number of nitrogens with zero attached hydrogens (tertiary/aromatic N) is 2. The number of esters is 1. The third kappa shape index (κ3) is 5.79. The Hall–Kier alpha value is -0.870. The van der Waals surface area contributed by atoms with Gasteiger partial charge < -0.3 is 4.74 Å². The first-order valence-corrected chi connectivity index (χ1v) is 7.73. The van der Waals surface area contributed by atoms with Crippen LogP contribution in [0.15, 0.2) is 12.2 Å². The van der Waals surface area contributed by atoms with E-state index < -0.39 is 0 Å². The van der Waals surface area contributed by atoms with E-state index in [0.717, 1.165) is 26.2 Å². The summed E-state index contributed by atoms with van der Waals surface area (Å²) in [7, 11) is 0. The van der Waals surface area contributed by atoms with Gasteiger partial charge in [0.05, 0.1) is 0 Å². The summed E-state index contributed by atoms with van der Waals surface area (Å²) in [6, 6.07) is 0. The van der Waals surface area contributed by atoms with Gasteiger partial charge in [0, 0.05) is 44.2 Å². The van der Waals surface area contributed by atoms with Crippen molar-refractivity contribution >= 4 is 5.97 Å². The molecule has 4 nitrogen and oxygen atoms in total. The van der Waals surface area contributed by atoms with Crippen LogP contribution in [0.5, 0.6) is 0 Å². The smallest absolute Gasteiger partial charge is 0.302 e. The Morgan fingerprint density at radius 3 is 1.71 bits per heavy atom. The van der Waals surface area contributed by atoms with Gasteiger partial charge in [-0.25, -0.2) is 0 Å². The van der Waals surface area contributed by atoms with Crippen molar-refractivity contribution in [2.24, 2.45) is 0 Å². The van der Waals surface area contributed by atoms with Crippen molar-refractivity contribution < 1.29 is 9.53 Å². The fourth-order valence-electron chi connectivity index (χ4n) is 2.60. The lowest BCUT2D eigenvalue weighted by molar-refractivity contribution is -0.150. The third-order valence-electron chi connectivity index (χ3n) is 3.91. The summed E-state index contributed by atoms with van der Waals surface area (Å²) >= 11 is 0. The molecule has 1 aliphatic heterocycles. The van der Waals surface area contributed by atoms with Gasteiger partial charge in [0.1, 0.15) is 6.10 Å². The summed E-state index contributed by atoms with van der Waals surface area (Å²) in [6.07, 6.45) is -0.103. The largest absolute Gasteiger partial charge is 0.460 e. The molecule has 4 heteroatoms. The van der Waals surface area contributed by atoms with Gasteiger partial charge in [-0.1, -0.05) is 6.58 Å². The van der Waals surface area contributed by atoms with Gasteiger partial charge in [0.2, 0.25) is 0 Å². The van der Waals surface area contributed by atoms with Gasteiger partial charge in [0.25, 0.3) is 0 Å². The maximum Gasteiger partial charge on any atom is 0.302 e. The van der Waals surface area contributed by atoms with Gasteiger partial charge in [-0.05, 0) is 47.1 Å². The Morgan fingerprint density at radius 1 is 1.05 bits per heavy atom. The van der Waals surface area contributed by atoms with Crippen LogP contribution >= 0.6 is 0 Å². The molecule has 0 aromatic carbocycles. The van der Waals surface area contributed by atoms with Crippen molar-refractivity contribution in [2.45, 2.75) is 65.6 Å². The molecule has 0 radical (unpaired) electrons. The number of hydrogen-bond acceptors (Lipinski definition) is 4. The lowest BCUT2D eigenvalue weighted by Crippen LogP contribution is -2.56. The van der Waals surface area contributed by atoms with E-state index in [1.165, 1.54) is 12.5 Å². The molecular weight excluding hydrogens is 264 g/mol. The van der Waals surface area contributed by atoms with Crippen molar-refractivity contribution in [1.29, 1.82) is 0 Å². The summed E-state index contributed by atoms with van der Waals surface area (Å²) in [5.41, 5.74) is 1.28. The fraction of sp³-hybridized carbons (Fsp3) is 0.824. The molecule has 0 bridgehead atoms. The molecule has 1 rings (SSSR count). The van der Waals surface area contributed by atoms with Gasteiger partial charge >= 0.3 is 5.97 Å². The first kappa shape index (κ1) is 18.2. The molecule has 1 saturated heterocycles. The molecule has 0 amide bonds. The second-order valence-corrected chi connectivity index (χ2v) is 8.08. The summed E-state index contributed by atoms with van der Waals surface area (Å²) in [5.74, 6) is -0.206. The first-order valence-electron chi connectivity index (χ1n) is 7.73. The van der Waals surface area contributed by atoms with E-state index in [1.54, 1.807) is 0 Å². The maximum atomic E-state index is 11.4. The van der Waals surface area contributed by atoms with E-state index in [1.807, 2.05) is 0 Å². The minimum absolute atomic E-state index is 0.0330. The predicted molar refractivity (Wildman–Crippen MR) is 87.3 cm³/mol. The molecule has 0 unspecified atom stereocenters. The summed E-state index contributed by atoms with van der Waals surface area (Å²) in [5, 5.41) is 0. The molecule has 1 fully saturated rings. The van der Waals surface area contributed by atoms with Gasteiger partial charge in [-0.2, -0.15) is 0 Å². The summed E-state index contributed by atoms with van der Waals surface area (Å²) in [6.45, 7) is 22.0. The zero-order chi connectivity index (χ0) is 16.4. The topological polar surface area (TPSA) is 32.8 Å². The van der Waals surface area contributed by atoms with Gasteiger partial charge in [-0.15, -0.1) is 0 Å². The monoisotopic (exact) mass is 296 g/mol. The molecule has 0 spiro atoms. The van der Waals surface area contributed by atoms with Crippen LogP contribution < -0.4 is 0 Å². The molecule has 0 aromatic heterocycles. The van der Waals surface area contributed by atoms with Crippen LogP contribution in [0.2, 0.25) is 0 Å². The fourth-order valence-corrected chi connectivity index (χ4v) is 2.60. The highest BCUT2D eigenvalue weighted by Gasteiger charge is 2.33. The average molecular weight is 296 g/mol. The molecule has 0 saturated carbocycles. The molecule has 1 heterocycles. The highest BCUT2D eigenvalue weighted by atomic mass is 16.5. The van der Waals surface area contributed by atoms with Crippen molar-refractivity contribution in [1.82, 2.24) is 9.80 Å². The zero-order valence-corrected chi connectivity index (χ0v) is 14.8. The van der Waals surface area contributed by atoms with Crippen molar-refractivity contribution in [3.05, 3.63) is 12.2 Å². The van der Waals surface area contributed by atoms with Crippen molar-refractivity contribution in [3.8, 4) is 0 Å². The van der Waals surface area contributed by atoms with E-state index in [-0.39, 0.29) is 23.2 Å². The number of ether oxygens (including phenoxy) is 1. The molecule has 21 heavy (non-hydrogen) atoms. The normalized spacial score (nSPS) is 21.0. The second kappa shape index (κ2) is 6.49. The number of carbonyl (C=O) groups excluding carboxylic acids is 1. The van der Waals surface area contributed by atoms with Crippen LogP contribution in [-0.4, -0.2) is 59.1 Å². The van der Waals surface area contributed by atoms with Crippen molar-refractivity contribution in [3.63, 3.8) is 0 Å². The highest BCUT2D eigenvalue weighted by Crippen LogP contribution is 2.23. The quantitative estimate of drug-likeness (QED) is 0.550. The molecular formula is C17H32N2O2. The van der Waals surface area contributed by atoms with Crippen LogP contribution in [0, 0.1) is 0 Å². The van der Waals surface area contributed by atoms with Crippen LogP contribution in [0.3, 0.4) is 0 Å². The average Bonchev–Trinajstić information content (AvgIpc) is 2.20. The predicted octanol–water partition coefficient (Wildman–Crippen LogP) is 2.69. The highest BCUT2D eigenvalue weighted by molar-refractivity contribution is 5.66. The zero-order valence-electron chi connectivity index (χ0n) is 14.8. The standard InChI is InChI=1S/C17H32N2O2/c1-13-9-18(16(3,4)5)11-15(21-14(2)20)12-19(10-13)17(6,7)8/h15H,1,9-12H2,2-8H3. The summed E-state index contributed by atoms with van der Waals surface area (Å²) < 4.78 is 5.56. The molecule has 0 aromatic rings. The molecule has 0 N–H and O–H groups in total. The van der Waals surface area contributed by atoms with E-state index in [0.29, 0.717) is 0 Å². The lowest BCUT2D eigenvalue weighted by atomic mass is 9.99. The number of rotatable bonds is 1. The van der Waals surface area contributed by atoms with Crippen LogP contribution in [0.4, 0.5) is 0 Å². The Morgan fingerprint density at radius 2 is 1.43 bits per heavy atom. The SMILES string of the molecule is C=C1CN(C(C)(C)C)CC(OC(C)=O)CN(C(C)(C)C)C1. The minimum atomic E-state index is -0.206. The third-order valence-corrected chi connectivity index (χ3v) is 3.91. The van der Waals surface area contributed by atoms with Gasteiger partial charge in [0.15, 0.2) is 0 Å². The Balaban J connectivity index is 2.97. The number of carbonyl (C=O) groups is 1. The van der Waals surface area contributed by atoms with Gasteiger partial charge in [-0.3, -0.25) is 14.6 Å².